The molecule has 31 heavy (non-hydrogen) atoms. The van der Waals surface area contributed by atoms with Crippen molar-refractivity contribution in [2.24, 2.45) is 0 Å². The second-order valence-electron chi connectivity index (χ2n) is 8.05. The summed E-state index contributed by atoms with van der Waals surface area (Å²) in [6.07, 6.45) is 2.96. The van der Waals surface area contributed by atoms with Crippen molar-refractivity contribution in [2.45, 2.75) is 37.7 Å². The number of nitrogens with zero attached hydrogens (tertiary/aromatic N) is 1. The lowest BCUT2D eigenvalue weighted by atomic mass is 9.74. The first-order valence-electron chi connectivity index (χ1n) is 10.2. The van der Waals surface area contributed by atoms with Crippen LogP contribution in [0.3, 0.4) is 0 Å². The van der Waals surface area contributed by atoms with Crippen LogP contribution in [0, 0.1) is 0 Å². The molecule has 0 saturated carbocycles. The van der Waals surface area contributed by atoms with E-state index < -0.39 is 5.97 Å². The van der Waals surface area contributed by atoms with Gasteiger partial charge in [-0.05, 0) is 57.1 Å². The third-order valence-corrected chi connectivity index (χ3v) is 6.86. The Balaban J connectivity index is 0.00000272. The fourth-order valence-electron chi connectivity index (χ4n) is 4.34. The maximum atomic E-state index is 10.7. The molecule has 2 aromatic carbocycles. The van der Waals surface area contributed by atoms with Gasteiger partial charge in [0.2, 0.25) is 0 Å². The van der Waals surface area contributed by atoms with Crippen molar-refractivity contribution in [2.75, 3.05) is 26.2 Å². The van der Waals surface area contributed by atoms with Gasteiger partial charge in [0, 0.05) is 39.1 Å². The summed E-state index contributed by atoms with van der Waals surface area (Å²) in [7, 11) is 0. The minimum Gasteiger partial charge on any atom is -0.492 e. The van der Waals surface area contributed by atoms with Gasteiger partial charge in [0.25, 0.3) is 0 Å². The first-order valence-corrected chi connectivity index (χ1v) is 11.0. The van der Waals surface area contributed by atoms with E-state index in [-0.39, 0.29) is 24.2 Å². The van der Waals surface area contributed by atoms with E-state index in [1.54, 1.807) is 12.1 Å². The Bertz CT molecular complexity index is 909. The summed E-state index contributed by atoms with van der Waals surface area (Å²) in [5, 5.41) is 10.00. The van der Waals surface area contributed by atoms with Gasteiger partial charge in [-0.1, -0.05) is 35.3 Å². The van der Waals surface area contributed by atoms with Gasteiger partial charge < -0.3 is 19.5 Å². The monoisotopic (exact) mass is 485 g/mol. The Kier molecular flexibility index (Phi) is 7.98. The van der Waals surface area contributed by atoms with Crippen LogP contribution in [0.2, 0.25) is 10.0 Å². The molecule has 0 amide bonds. The zero-order valence-electron chi connectivity index (χ0n) is 17.1. The highest BCUT2D eigenvalue weighted by Gasteiger charge is 2.43. The van der Waals surface area contributed by atoms with Crippen molar-refractivity contribution >= 4 is 41.6 Å². The molecule has 1 N–H and O–H groups in total. The molecular weight excluding hydrogens is 461 g/mol. The molecule has 168 valence electrons. The van der Waals surface area contributed by atoms with Gasteiger partial charge in [-0.2, -0.15) is 0 Å². The zero-order chi connectivity index (χ0) is 21.1. The van der Waals surface area contributed by atoms with Crippen LogP contribution in [-0.2, 0) is 16.8 Å². The number of likely N-dealkylation sites (tertiary alicyclic amines) is 1. The van der Waals surface area contributed by atoms with Crippen LogP contribution in [0.4, 0.5) is 0 Å². The predicted octanol–water partition coefficient (Wildman–Crippen LogP) is 5.59. The first-order chi connectivity index (χ1) is 14.5. The summed E-state index contributed by atoms with van der Waals surface area (Å²) in [4.78, 5) is 13.1. The molecule has 2 aliphatic heterocycles. The summed E-state index contributed by atoms with van der Waals surface area (Å²) < 4.78 is 12.0. The standard InChI is InChI=1S/C23H25Cl2NO4.ClH/c24-19-3-1-4-20(25)17(19)14-29-16-6-7-18-21(13-16)30-15-23(18)8-11-26(12-9-23)10-2-5-22(27)28;/h1,3-4,6-7,13H,2,5,8-12,14-15H2,(H,27,28);1H. The third kappa shape index (κ3) is 5.40. The SMILES string of the molecule is Cl.O=C(O)CCCN1CCC2(CC1)COc1cc(OCc3c(Cl)cccc3Cl)ccc12. The Morgan fingerprint density at radius 1 is 1.16 bits per heavy atom. The van der Waals surface area contributed by atoms with E-state index >= 15 is 0 Å². The number of hydrogen-bond donors (Lipinski definition) is 1. The van der Waals surface area contributed by atoms with Crippen LogP contribution in [0.1, 0.15) is 36.8 Å². The average molecular weight is 487 g/mol. The van der Waals surface area contributed by atoms with Gasteiger partial charge in [-0.3, -0.25) is 4.79 Å². The number of ether oxygens (including phenoxy) is 2. The molecule has 1 saturated heterocycles. The molecule has 8 heteroatoms. The van der Waals surface area contributed by atoms with Crippen molar-refractivity contribution in [3.8, 4) is 11.5 Å². The quantitative estimate of drug-likeness (QED) is 0.553. The first kappa shape index (κ1) is 24.0. The van der Waals surface area contributed by atoms with Crippen molar-refractivity contribution in [1.82, 2.24) is 4.90 Å². The molecule has 5 nitrogen and oxygen atoms in total. The average Bonchev–Trinajstić information content (AvgIpc) is 3.06. The van der Waals surface area contributed by atoms with Crippen molar-refractivity contribution in [3.63, 3.8) is 0 Å². The predicted molar refractivity (Wildman–Crippen MR) is 124 cm³/mol. The second-order valence-corrected chi connectivity index (χ2v) is 8.87. The van der Waals surface area contributed by atoms with E-state index in [2.05, 4.69) is 11.0 Å². The normalized spacial score (nSPS) is 17.0. The summed E-state index contributed by atoms with van der Waals surface area (Å²) in [6.45, 7) is 3.75. The summed E-state index contributed by atoms with van der Waals surface area (Å²) in [6, 6.07) is 11.5. The minimum absolute atomic E-state index is 0. The minimum atomic E-state index is -0.726. The topological polar surface area (TPSA) is 59.0 Å². The molecule has 1 spiro atoms. The molecule has 0 aromatic heterocycles. The lowest BCUT2D eigenvalue weighted by Crippen LogP contribution is -2.43. The molecule has 0 radical (unpaired) electrons. The fourth-order valence-corrected chi connectivity index (χ4v) is 4.85. The Morgan fingerprint density at radius 3 is 2.55 bits per heavy atom. The van der Waals surface area contributed by atoms with Crippen LogP contribution in [0.25, 0.3) is 0 Å². The van der Waals surface area contributed by atoms with Crippen LogP contribution in [0.5, 0.6) is 11.5 Å². The number of aliphatic carboxylic acids is 1. The van der Waals surface area contributed by atoms with E-state index in [1.165, 1.54) is 5.56 Å². The van der Waals surface area contributed by atoms with Gasteiger partial charge in [-0.25, -0.2) is 0 Å². The van der Waals surface area contributed by atoms with E-state index in [0.29, 0.717) is 29.7 Å². The van der Waals surface area contributed by atoms with Crippen LogP contribution in [0.15, 0.2) is 36.4 Å². The van der Waals surface area contributed by atoms with Gasteiger partial charge >= 0.3 is 5.97 Å². The molecular formula is C23H26Cl3NO4. The Morgan fingerprint density at radius 2 is 1.87 bits per heavy atom. The molecule has 1 fully saturated rings. The smallest absolute Gasteiger partial charge is 0.303 e. The van der Waals surface area contributed by atoms with Crippen molar-refractivity contribution < 1.29 is 19.4 Å². The van der Waals surface area contributed by atoms with Crippen LogP contribution < -0.4 is 9.47 Å². The molecule has 0 bridgehead atoms. The number of carboxylic acids is 1. The maximum Gasteiger partial charge on any atom is 0.303 e. The van der Waals surface area contributed by atoms with Gasteiger partial charge in [0.1, 0.15) is 18.1 Å². The molecule has 0 unspecified atom stereocenters. The Labute approximate surface area is 198 Å². The van der Waals surface area contributed by atoms with Gasteiger partial charge in [0.15, 0.2) is 0 Å². The van der Waals surface area contributed by atoms with E-state index in [4.69, 9.17) is 37.8 Å². The molecule has 0 aliphatic carbocycles. The van der Waals surface area contributed by atoms with Crippen molar-refractivity contribution in [1.29, 1.82) is 0 Å². The number of carboxylic acid groups (broad SMARTS) is 1. The highest BCUT2D eigenvalue weighted by molar-refractivity contribution is 6.35. The number of halogens is 3. The highest BCUT2D eigenvalue weighted by atomic mass is 35.5. The second kappa shape index (κ2) is 10.3. The molecule has 2 heterocycles. The van der Waals surface area contributed by atoms with Crippen molar-refractivity contribution in [3.05, 3.63) is 57.6 Å². The van der Waals surface area contributed by atoms with E-state index in [1.807, 2.05) is 18.2 Å². The summed E-state index contributed by atoms with van der Waals surface area (Å²) in [5.41, 5.74) is 2.06. The van der Waals surface area contributed by atoms with E-state index in [0.717, 1.165) is 49.5 Å². The van der Waals surface area contributed by atoms with E-state index in [9.17, 15) is 4.79 Å². The highest BCUT2D eigenvalue weighted by Crippen LogP contribution is 2.46. The third-order valence-electron chi connectivity index (χ3n) is 6.15. The number of rotatable bonds is 7. The largest absolute Gasteiger partial charge is 0.492 e. The molecule has 2 aliphatic rings. The number of benzene rings is 2. The van der Waals surface area contributed by atoms with Crippen LogP contribution >= 0.6 is 35.6 Å². The molecule has 4 rings (SSSR count). The van der Waals surface area contributed by atoms with Gasteiger partial charge in [0.05, 0.1) is 6.61 Å². The number of fused-ring (bicyclic) bond motifs is 2. The number of piperidine rings is 1. The maximum absolute atomic E-state index is 10.7. The fraction of sp³-hybridized carbons (Fsp3) is 0.435. The Hall–Kier alpha value is -1.66. The molecule has 0 atom stereocenters. The zero-order valence-corrected chi connectivity index (χ0v) is 19.4. The lowest BCUT2D eigenvalue weighted by Gasteiger charge is -2.38. The lowest BCUT2D eigenvalue weighted by molar-refractivity contribution is -0.137. The van der Waals surface area contributed by atoms with Crippen LogP contribution in [-0.4, -0.2) is 42.2 Å². The van der Waals surface area contributed by atoms with Gasteiger partial charge in [-0.15, -0.1) is 12.4 Å². The number of hydrogen-bond acceptors (Lipinski definition) is 4. The summed E-state index contributed by atoms with van der Waals surface area (Å²) in [5.74, 6) is 0.890. The molecule has 2 aromatic rings. The summed E-state index contributed by atoms with van der Waals surface area (Å²) >= 11 is 12.4. The number of carbonyl (C=O) groups is 1.